The smallest absolute Gasteiger partial charge is 0.133 e. The van der Waals surface area contributed by atoms with Gasteiger partial charge in [-0.25, -0.2) is 9.97 Å². The Kier molecular flexibility index (Phi) is 10.6. The van der Waals surface area contributed by atoms with Crippen LogP contribution in [0.4, 0.5) is 0 Å². The summed E-state index contributed by atoms with van der Waals surface area (Å²) < 4.78 is 0. The zero-order valence-electron chi connectivity index (χ0n) is 22.7. The number of unbranched alkanes of at least 4 members (excludes halogenated alkanes) is 1. The second-order valence-corrected chi connectivity index (χ2v) is 11.4. The number of nitrogens with zero attached hydrogens (tertiary/aromatic N) is 2. The van der Waals surface area contributed by atoms with Gasteiger partial charge in [0.15, 0.2) is 0 Å². The fourth-order valence-corrected chi connectivity index (χ4v) is 6.14. The Labute approximate surface area is 223 Å². The number of aromatic nitrogens is 2. The van der Waals surface area contributed by atoms with Crippen molar-refractivity contribution in [2.24, 2.45) is 11.8 Å². The molecule has 37 heavy (non-hydrogen) atoms. The summed E-state index contributed by atoms with van der Waals surface area (Å²) in [7, 11) is 0. The Morgan fingerprint density at radius 1 is 0.919 bits per heavy atom. The largest absolute Gasteiger partial charge is 0.300 e. The molecule has 0 spiro atoms. The maximum atomic E-state index is 12.7. The number of Topliss-reactive ketones (excluding diaryl/α,β-unsaturated/α-hetero) is 2. The molecular weight excluding hydrogens is 456 g/mol. The number of carbonyl (C=O) groups is 2. The first-order chi connectivity index (χ1) is 18.1. The summed E-state index contributed by atoms with van der Waals surface area (Å²) in [5, 5.41) is 0. The predicted octanol–water partition coefficient (Wildman–Crippen LogP) is 7.46. The van der Waals surface area contributed by atoms with Crippen LogP contribution in [-0.4, -0.2) is 21.5 Å². The number of carbonyl (C=O) groups excluding carboxylic acids is 2. The lowest BCUT2D eigenvalue weighted by Gasteiger charge is -2.18. The van der Waals surface area contributed by atoms with Crippen LogP contribution in [0.15, 0.2) is 36.7 Å². The molecule has 0 N–H and O–H groups in total. The Bertz CT molecular complexity index is 1070. The van der Waals surface area contributed by atoms with Crippen LogP contribution in [0.2, 0.25) is 0 Å². The second-order valence-electron chi connectivity index (χ2n) is 11.4. The molecule has 0 amide bonds. The number of rotatable bonds is 13. The highest BCUT2D eigenvalue weighted by molar-refractivity contribution is 5.78. The average Bonchev–Trinajstić information content (AvgIpc) is 3.12. The van der Waals surface area contributed by atoms with E-state index in [0.29, 0.717) is 24.0 Å². The second kappa shape index (κ2) is 14.4. The van der Waals surface area contributed by atoms with Crippen molar-refractivity contribution in [1.82, 2.24) is 9.97 Å². The maximum Gasteiger partial charge on any atom is 0.133 e. The molecule has 4 nitrogen and oxygen atoms in total. The van der Waals surface area contributed by atoms with Gasteiger partial charge < -0.3 is 4.79 Å². The first-order valence-electron chi connectivity index (χ1n) is 14.6. The van der Waals surface area contributed by atoms with Crippen LogP contribution < -0.4 is 0 Å². The van der Waals surface area contributed by atoms with Gasteiger partial charge in [0.2, 0.25) is 0 Å². The van der Waals surface area contributed by atoms with Crippen molar-refractivity contribution in [2.45, 2.75) is 110 Å². The summed E-state index contributed by atoms with van der Waals surface area (Å²) in [5.74, 6) is 1.95. The number of hydrogen-bond acceptors (Lipinski definition) is 4. The van der Waals surface area contributed by atoms with E-state index in [1.807, 2.05) is 0 Å². The first-order valence-corrected chi connectivity index (χ1v) is 14.6. The third-order valence-electron chi connectivity index (χ3n) is 8.24. The number of aryl methyl sites for hydroxylation is 3. The quantitative estimate of drug-likeness (QED) is 0.212. The van der Waals surface area contributed by atoms with E-state index in [0.717, 1.165) is 64.2 Å². The third kappa shape index (κ3) is 9.02. The average molecular weight is 501 g/mol. The van der Waals surface area contributed by atoms with Crippen LogP contribution in [0.5, 0.6) is 0 Å². The minimum Gasteiger partial charge on any atom is -0.300 e. The number of benzene rings is 1. The molecule has 2 aliphatic carbocycles. The topological polar surface area (TPSA) is 59.9 Å². The van der Waals surface area contributed by atoms with E-state index in [1.165, 1.54) is 60.2 Å². The summed E-state index contributed by atoms with van der Waals surface area (Å²) in [6.45, 7) is 1.66. The number of fused-ring (bicyclic) bond motifs is 1. The van der Waals surface area contributed by atoms with Gasteiger partial charge in [0.25, 0.3) is 0 Å². The molecule has 0 saturated heterocycles. The van der Waals surface area contributed by atoms with Crippen molar-refractivity contribution in [3.05, 3.63) is 64.7 Å². The summed E-state index contributed by atoms with van der Waals surface area (Å²) in [6, 6.07) is 8.74. The van der Waals surface area contributed by atoms with Gasteiger partial charge in [0.05, 0.1) is 11.4 Å². The number of allylic oxidation sites excluding steroid dienone is 1. The highest BCUT2D eigenvalue weighted by atomic mass is 16.1. The number of ketones is 2. The zero-order valence-corrected chi connectivity index (χ0v) is 22.7. The van der Waals surface area contributed by atoms with E-state index in [4.69, 9.17) is 0 Å². The van der Waals surface area contributed by atoms with Crippen molar-refractivity contribution in [2.75, 3.05) is 0 Å². The van der Waals surface area contributed by atoms with Gasteiger partial charge in [-0.2, -0.15) is 0 Å². The van der Waals surface area contributed by atoms with Gasteiger partial charge in [-0.3, -0.25) is 4.79 Å². The van der Waals surface area contributed by atoms with Gasteiger partial charge in [0, 0.05) is 24.8 Å². The monoisotopic (exact) mass is 500 g/mol. The van der Waals surface area contributed by atoms with Crippen molar-refractivity contribution in [3.8, 4) is 0 Å². The standard InChI is InChI=1S/C33H44N2O2/c1-25(36)9-6-11-27-13-7-12-26(21-27)10-2-3-16-30(37)22-28-14-8-15-29(20-19-28)23-33-31-17-4-5-18-32(31)34-24-35-33/h4,7,12-13,17,21,24,28-29H,2-3,5-6,8-11,14-16,18-20,22-23H2,1H3. The molecular formula is C33H44N2O2. The first kappa shape index (κ1) is 27.4. The van der Waals surface area contributed by atoms with E-state index in [-0.39, 0.29) is 5.78 Å². The normalized spacial score (nSPS) is 19.3. The molecule has 4 rings (SSSR count). The zero-order chi connectivity index (χ0) is 25.9. The Morgan fingerprint density at radius 3 is 2.54 bits per heavy atom. The maximum absolute atomic E-state index is 12.7. The molecule has 2 atom stereocenters. The fourth-order valence-electron chi connectivity index (χ4n) is 6.14. The molecule has 0 radical (unpaired) electrons. The molecule has 2 aliphatic rings. The SMILES string of the molecule is CC(=O)CCCc1cccc(CCCCC(=O)CC2CCCC(Cc3ncnc4c3C=CCC4)CC2)c1. The van der Waals surface area contributed by atoms with Crippen LogP contribution in [0.3, 0.4) is 0 Å². The molecule has 1 saturated carbocycles. The van der Waals surface area contributed by atoms with Crippen molar-refractivity contribution in [3.63, 3.8) is 0 Å². The Balaban J connectivity index is 1.14. The summed E-state index contributed by atoms with van der Waals surface area (Å²) in [5.41, 5.74) is 6.37. The number of hydrogen-bond donors (Lipinski definition) is 0. The predicted molar refractivity (Wildman–Crippen MR) is 150 cm³/mol. The van der Waals surface area contributed by atoms with Gasteiger partial charge in [-0.15, -0.1) is 0 Å². The van der Waals surface area contributed by atoms with Gasteiger partial charge >= 0.3 is 0 Å². The van der Waals surface area contributed by atoms with E-state index in [1.54, 1.807) is 13.3 Å². The van der Waals surface area contributed by atoms with Crippen molar-refractivity contribution < 1.29 is 9.59 Å². The molecule has 2 aromatic rings. The lowest BCUT2D eigenvalue weighted by molar-refractivity contribution is -0.120. The highest BCUT2D eigenvalue weighted by Gasteiger charge is 2.23. The molecule has 1 fully saturated rings. The summed E-state index contributed by atoms with van der Waals surface area (Å²) >= 11 is 0. The van der Waals surface area contributed by atoms with Crippen LogP contribution >= 0.6 is 0 Å². The summed E-state index contributed by atoms with van der Waals surface area (Å²) in [6.07, 6.45) is 22.6. The molecule has 1 heterocycles. The molecule has 198 valence electrons. The van der Waals surface area contributed by atoms with Gasteiger partial charge in [-0.05, 0) is 94.1 Å². The van der Waals surface area contributed by atoms with Crippen molar-refractivity contribution in [1.29, 1.82) is 0 Å². The Hall–Kier alpha value is -2.62. The molecule has 1 aromatic carbocycles. The van der Waals surface area contributed by atoms with Gasteiger partial charge in [0.1, 0.15) is 17.9 Å². The lowest BCUT2D eigenvalue weighted by atomic mass is 9.89. The van der Waals surface area contributed by atoms with Crippen LogP contribution in [0.1, 0.15) is 112 Å². The Morgan fingerprint density at radius 2 is 1.70 bits per heavy atom. The van der Waals surface area contributed by atoms with Crippen molar-refractivity contribution >= 4 is 17.6 Å². The molecule has 1 aromatic heterocycles. The van der Waals surface area contributed by atoms with E-state index < -0.39 is 0 Å². The van der Waals surface area contributed by atoms with Gasteiger partial charge in [-0.1, -0.05) is 55.7 Å². The molecule has 4 heteroatoms. The van der Waals surface area contributed by atoms with E-state index in [2.05, 4.69) is 46.4 Å². The highest BCUT2D eigenvalue weighted by Crippen LogP contribution is 2.33. The third-order valence-corrected chi connectivity index (χ3v) is 8.24. The minimum atomic E-state index is 0.266. The van der Waals surface area contributed by atoms with Crippen LogP contribution in [0.25, 0.3) is 6.08 Å². The van der Waals surface area contributed by atoms with Crippen LogP contribution in [0, 0.1) is 11.8 Å². The lowest BCUT2D eigenvalue weighted by Crippen LogP contribution is -2.11. The molecule has 2 unspecified atom stereocenters. The van der Waals surface area contributed by atoms with Crippen LogP contribution in [-0.2, 0) is 35.3 Å². The fraction of sp³-hybridized carbons (Fsp3) is 0.576. The molecule has 0 bridgehead atoms. The summed E-state index contributed by atoms with van der Waals surface area (Å²) in [4.78, 5) is 33.0. The van der Waals surface area contributed by atoms with E-state index in [9.17, 15) is 9.59 Å². The minimum absolute atomic E-state index is 0.266. The van der Waals surface area contributed by atoms with E-state index >= 15 is 0 Å². The molecule has 0 aliphatic heterocycles.